The molecule has 0 aromatic carbocycles. The maximum Gasteiger partial charge on any atom is 0.312 e. The summed E-state index contributed by atoms with van der Waals surface area (Å²) in [6.07, 6.45) is 9.63. The van der Waals surface area contributed by atoms with Crippen LogP contribution in [0.1, 0.15) is 98.8 Å². The van der Waals surface area contributed by atoms with Gasteiger partial charge in [0.1, 0.15) is 6.61 Å². The zero-order valence-corrected chi connectivity index (χ0v) is 24.0. The molecule has 210 valence electrons. The average molecular weight is 517 g/mol. The minimum Gasteiger partial charge on any atom is -0.463 e. The fourth-order valence-corrected chi connectivity index (χ4v) is 11.8. The van der Waals surface area contributed by atoms with E-state index in [0.717, 1.165) is 64.2 Å². The summed E-state index contributed by atoms with van der Waals surface area (Å²) >= 11 is 0. The van der Waals surface area contributed by atoms with Crippen LogP contribution in [0.25, 0.3) is 0 Å². The highest BCUT2D eigenvalue weighted by molar-refractivity contribution is 5.78. The van der Waals surface area contributed by atoms with Crippen molar-refractivity contribution in [3.8, 4) is 0 Å². The second kappa shape index (κ2) is 9.06. The van der Waals surface area contributed by atoms with Crippen LogP contribution in [0.4, 0.5) is 0 Å². The van der Waals surface area contributed by atoms with Gasteiger partial charge in [0.15, 0.2) is 0 Å². The van der Waals surface area contributed by atoms with Crippen LogP contribution in [0.15, 0.2) is 12.2 Å². The van der Waals surface area contributed by atoms with Crippen LogP contribution in [-0.4, -0.2) is 47.2 Å². The lowest BCUT2D eigenvalue weighted by Crippen LogP contribution is -2.67. The predicted octanol–water partition coefficient (Wildman–Crippen LogP) is 5.51. The maximum absolute atomic E-state index is 13.6. The summed E-state index contributed by atoms with van der Waals surface area (Å²) in [5, 5.41) is 30.8. The van der Waals surface area contributed by atoms with Gasteiger partial charge in [-0.05, 0) is 117 Å². The van der Waals surface area contributed by atoms with E-state index < -0.39 is 16.9 Å². The molecule has 0 bridgehead atoms. The Hall–Kier alpha value is -0.910. The van der Waals surface area contributed by atoms with E-state index in [4.69, 9.17) is 4.74 Å². The molecule has 0 spiro atoms. The Morgan fingerprint density at radius 2 is 1.62 bits per heavy atom. The Morgan fingerprint density at radius 1 is 0.892 bits per heavy atom. The number of rotatable bonds is 5. The van der Waals surface area contributed by atoms with Crippen LogP contribution in [0.2, 0.25) is 0 Å². The Balaban J connectivity index is 1.54. The van der Waals surface area contributed by atoms with Crippen LogP contribution in [0.3, 0.4) is 0 Å². The van der Waals surface area contributed by atoms with Crippen molar-refractivity contribution in [1.82, 2.24) is 0 Å². The molecule has 0 amide bonds. The van der Waals surface area contributed by atoms with Gasteiger partial charge < -0.3 is 20.1 Å². The second-order valence-electron chi connectivity index (χ2n) is 14.9. The van der Waals surface area contributed by atoms with Gasteiger partial charge in [-0.15, -0.1) is 0 Å². The Labute approximate surface area is 224 Å². The molecule has 3 N–H and O–H groups in total. The fraction of sp³-hybridized carbons (Fsp3) is 0.906. The van der Waals surface area contributed by atoms with Gasteiger partial charge in [0.25, 0.3) is 0 Å². The van der Waals surface area contributed by atoms with Gasteiger partial charge in [-0.3, -0.25) is 4.79 Å². The predicted molar refractivity (Wildman–Crippen MR) is 144 cm³/mol. The van der Waals surface area contributed by atoms with E-state index in [2.05, 4.69) is 41.2 Å². The van der Waals surface area contributed by atoms with E-state index in [0.29, 0.717) is 23.7 Å². The number of carbonyl (C=O) groups excluding carboxylic acids is 1. The summed E-state index contributed by atoms with van der Waals surface area (Å²) in [6, 6.07) is 0. The summed E-state index contributed by atoms with van der Waals surface area (Å²) in [7, 11) is 0. The van der Waals surface area contributed by atoms with Crippen LogP contribution < -0.4 is 0 Å². The van der Waals surface area contributed by atoms with Crippen LogP contribution in [-0.2, 0) is 9.53 Å². The highest BCUT2D eigenvalue weighted by atomic mass is 16.5. The molecule has 37 heavy (non-hydrogen) atoms. The number of aliphatic hydroxyl groups excluding tert-OH is 3. The normalized spacial score (nSPS) is 52.9. The Kier molecular flexibility index (Phi) is 6.77. The molecular weight excluding hydrogens is 464 g/mol. The number of ether oxygens (including phenoxy) is 1. The van der Waals surface area contributed by atoms with E-state index in [-0.39, 0.29) is 48.0 Å². The molecule has 0 aliphatic heterocycles. The molecule has 5 fully saturated rings. The standard InChI is InChI=1S/C32H52O5/c1-20(2)21-9-14-32(27(36)37-18-17-33)16-15-30(5)22(26(21)32)7-8-24-28(3)12-11-25(35)29(4,19-34)23(28)10-13-31(24,30)6/h21-26,33-35H,1,7-19H2,2-6H3/t21-,22?,23+,24+,25?,26+,28-,29-,30+,31+,32-/m0/s1. The lowest BCUT2D eigenvalue weighted by Gasteiger charge is -2.72. The van der Waals surface area contributed by atoms with Crippen molar-refractivity contribution in [2.75, 3.05) is 19.8 Å². The number of hydrogen-bond donors (Lipinski definition) is 3. The summed E-state index contributed by atoms with van der Waals surface area (Å²) in [6.45, 7) is 16.3. The van der Waals surface area contributed by atoms with Crippen LogP contribution in [0.5, 0.6) is 0 Å². The van der Waals surface area contributed by atoms with Gasteiger partial charge in [-0.1, -0.05) is 39.8 Å². The van der Waals surface area contributed by atoms with Crippen molar-refractivity contribution < 1.29 is 24.9 Å². The topological polar surface area (TPSA) is 87.0 Å². The average Bonchev–Trinajstić information content (AvgIpc) is 3.27. The van der Waals surface area contributed by atoms with Gasteiger partial charge in [-0.25, -0.2) is 0 Å². The molecule has 11 atom stereocenters. The lowest BCUT2D eigenvalue weighted by molar-refractivity contribution is -0.254. The van der Waals surface area contributed by atoms with Crippen molar-refractivity contribution in [2.24, 2.45) is 56.7 Å². The molecule has 0 aromatic heterocycles. The molecule has 0 aromatic rings. The maximum atomic E-state index is 13.6. The van der Waals surface area contributed by atoms with E-state index in [1.165, 1.54) is 5.57 Å². The second-order valence-corrected chi connectivity index (χ2v) is 14.9. The molecule has 5 aliphatic rings. The molecule has 5 saturated carbocycles. The summed E-state index contributed by atoms with van der Waals surface area (Å²) in [5.74, 6) is 1.86. The number of esters is 1. The first-order chi connectivity index (χ1) is 17.4. The largest absolute Gasteiger partial charge is 0.463 e. The molecule has 5 aliphatic carbocycles. The van der Waals surface area contributed by atoms with Gasteiger partial charge >= 0.3 is 5.97 Å². The highest BCUT2D eigenvalue weighted by Gasteiger charge is 2.72. The monoisotopic (exact) mass is 516 g/mol. The number of fused-ring (bicyclic) bond motifs is 7. The number of aliphatic hydroxyl groups is 3. The zero-order chi connectivity index (χ0) is 27.0. The van der Waals surface area contributed by atoms with Crippen LogP contribution in [0, 0.1) is 56.7 Å². The first-order valence-corrected chi connectivity index (χ1v) is 15.1. The molecule has 2 unspecified atom stereocenters. The van der Waals surface area contributed by atoms with E-state index >= 15 is 0 Å². The minimum absolute atomic E-state index is 0.0542. The van der Waals surface area contributed by atoms with Crippen molar-refractivity contribution in [3.63, 3.8) is 0 Å². The van der Waals surface area contributed by atoms with Crippen molar-refractivity contribution in [2.45, 2.75) is 105 Å². The zero-order valence-electron chi connectivity index (χ0n) is 24.0. The Bertz CT molecular complexity index is 932. The summed E-state index contributed by atoms with van der Waals surface area (Å²) in [4.78, 5) is 13.6. The molecule has 0 heterocycles. The van der Waals surface area contributed by atoms with E-state index in [1.807, 2.05) is 0 Å². The smallest absolute Gasteiger partial charge is 0.312 e. The lowest BCUT2D eigenvalue weighted by atomic mass is 9.32. The Morgan fingerprint density at radius 3 is 2.27 bits per heavy atom. The molecule has 0 saturated heterocycles. The first-order valence-electron chi connectivity index (χ1n) is 15.1. The third-order valence-electron chi connectivity index (χ3n) is 13.9. The van der Waals surface area contributed by atoms with Crippen LogP contribution >= 0.6 is 0 Å². The minimum atomic E-state index is -0.447. The molecule has 5 nitrogen and oxygen atoms in total. The van der Waals surface area contributed by atoms with Crippen molar-refractivity contribution >= 4 is 5.97 Å². The van der Waals surface area contributed by atoms with E-state index in [1.54, 1.807) is 0 Å². The van der Waals surface area contributed by atoms with Gasteiger partial charge in [0, 0.05) is 5.41 Å². The summed E-state index contributed by atoms with van der Waals surface area (Å²) in [5.41, 5.74) is 0.713. The molecule has 0 radical (unpaired) electrons. The van der Waals surface area contributed by atoms with Gasteiger partial charge in [-0.2, -0.15) is 0 Å². The van der Waals surface area contributed by atoms with Crippen molar-refractivity contribution in [3.05, 3.63) is 12.2 Å². The number of hydrogen-bond acceptors (Lipinski definition) is 5. The first kappa shape index (κ1) is 27.6. The fourth-order valence-electron chi connectivity index (χ4n) is 11.8. The third-order valence-corrected chi connectivity index (χ3v) is 13.9. The van der Waals surface area contributed by atoms with Gasteiger partial charge in [0.05, 0.1) is 24.7 Å². The number of allylic oxidation sites excluding steroid dienone is 1. The molecule has 5 heteroatoms. The summed E-state index contributed by atoms with van der Waals surface area (Å²) < 4.78 is 5.67. The molecule has 5 rings (SSSR count). The van der Waals surface area contributed by atoms with Crippen molar-refractivity contribution in [1.29, 1.82) is 0 Å². The quantitative estimate of drug-likeness (QED) is 0.331. The third kappa shape index (κ3) is 3.48. The number of carbonyl (C=O) groups is 1. The van der Waals surface area contributed by atoms with E-state index in [9.17, 15) is 20.1 Å². The highest BCUT2D eigenvalue weighted by Crippen LogP contribution is 2.77. The molecular formula is C32H52O5. The SMILES string of the molecule is C=C(C)[C@@H]1CC[C@]2(C(=O)OCCO)CC[C@]3(C)C(CC[C@@H]4[C@@]5(C)CCC(O)[C@@](C)(CO)[C@@H]5CC[C@]43C)[C@@H]12. The van der Waals surface area contributed by atoms with Gasteiger partial charge in [0.2, 0.25) is 0 Å².